The van der Waals surface area contributed by atoms with Gasteiger partial charge in [-0.05, 0) is 76.5 Å². The van der Waals surface area contributed by atoms with Gasteiger partial charge < -0.3 is 4.74 Å². The smallest absolute Gasteiger partial charge is 0.276 e. The van der Waals surface area contributed by atoms with Crippen molar-refractivity contribution in [1.29, 1.82) is 0 Å². The first-order valence-electron chi connectivity index (χ1n) is 7.96. The standard InChI is InChI=1S/C18H17BrClN3O3S/c1-2-11-3-8-15(14(19)9-11)26-10-16(24)22-23-18(27)21-17(25)12-4-6-13(20)7-5-12/h3-9H,2,10H2,1H3,(H,22,24)(H2,21,23,25,27). The molecule has 2 amide bonds. The molecule has 0 aliphatic rings. The lowest BCUT2D eigenvalue weighted by molar-refractivity contribution is -0.123. The van der Waals surface area contributed by atoms with Crippen LogP contribution in [0.3, 0.4) is 0 Å². The molecule has 9 heteroatoms. The number of amides is 2. The van der Waals surface area contributed by atoms with Gasteiger partial charge in [-0.1, -0.05) is 24.6 Å². The van der Waals surface area contributed by atoms with Crippen molar-refractivity contribution in [1.82, 2.24) is 16.2 Å². The number of aryl methyl sites for hydroxylation is 1. The van der Waals surface area contributed by atoms with Crippen molar-refractivity contribution in [3.63, 3.8) is 0 Å². The number of ether oxygens (including phenoxy) is 1. The maximum absolute atomic E-state index is 12.0. The summed E-state index contributed by atoms with van der Waals surface area (Å²) in [6.45, 7) is 1.83. The number of carbonyl (C=O) groups is 2. The lowest BCUT2D eigenvalue weighted by Gasteiger charge is -2.12. The van der Waals surface area contributed by atoms with E-state index in [2.05, 4.69) is 39.0 Å². The Labute approximate surface area is 175 Å². The van der Waals surface area contributed by atoms with Crippen LogP contribution in [-0.2, 0) is 11.2 Å². The summed E-state index contributed by atoms with van der Waals surface area (Å²) >= 11 is 14.1. The molecule has 0 aromatic heterocycles. The van der Waals surface area contributed by atoms with Crippen LogP contribution in [0.15, 0.2) is 46.9 Å². The molecule has 0 fully saturated rings. The largest absolute Gasteiger partial charge is 0.483 e. The van der Waals surface area contributed by atoms with E-state index in [0.717, 1.165) is 16.5 Å². The second-order valence-corrected chi connectivity index (χ2v) is 7.07. The van der Waals surface area contributed by atoms with Crippen LogP contribution in [0.5, 0.6) is 5.75 Å². The van der Waals surface area contributed by atoms with E-state index in [1.54, 1.807) is 30.3 Å². The monoisotopic (exact) mass is 469 g/mol. The summed E-state index contributed by atoms with van der Waals surface area (Å²) in [6, 6.07) is 12.0. The molecule has 2 rings (SSSR count). The molecule has 2 aromatic rings. The fourth-order valence-electron chi connectivity index (χ4n) is 1.99. The Morgan fingerprint density at radius 2 is 1.85 bits per heavy atom. The number of rotatable bonds is 5. The molecule has 2 aromatic carbocycles. The summed E-state index contributed by atoms with van der Waals surface area (Å²) in [5.41, 5.74) is 6.34. The average molecular weight is 471 g/mol. The Hall–Kier alpha value is -2.16. The highest BCUT2D eigenvalue weighted by Gasteiger charge is 2.10. The summed E-state index contributed by atoms with van der Waals surface area (Å²) in [7, 11) is 0. The minimum absolute atomic E-state index is 0.0446. The molecule has 0 aliphatic heterocycles. The molecule has 142 valence electrons. The van der Waals surface area contributed by atoms with Gasteiger partial charge in [0.15, 0.2) is 11.7 Å². The Bertz CT molecular complexity index is 846. The summed E-state index contributed by atoms with van der Waals surface area (Å²) < 4.78 is 6.22. The van der Waals surface area contributed by atoms with Gasteiger partial charge in [0.1, 0.15) is 5.75 Å². The van der Waals surface area contributed by atoms with Crippen LogP contribution in [-0.4, -0.2) is 23.5 Å². The first-order chi connectivity index (χ1) is 12.9. The van der Waals surface area contributed by atoms with Crippen molar-refractivity contribution in [2.45, 2.75) is 13.3 Å². The molecule has 3 N–H and O–H groups in total. The Balaban J connectivity index is 1.75. The molecule has 0 aliphatic carbocycles. The topological polar surface area (TPSA) is 79.5 Å². The molecular weight excluding hydrogens is 454 g/mol. The second-order valence-electron chi connectivity index (χ2n) is 5.37. The molecule has 6 nitrogen and oxygen atoms in total. The van der Waals surface area contributed by atoms with E-state index in [1.807, 2.05) is 12.1 Å². The summed E-state index contributed by atoms with van der Waals surface area (Å²) in [6.07, 6.45) is 0.905. The predicted molar refractivity (Wildman–Crippen MR) is 112 cm³/mol. The summed E-state index contributed by atoms with van der Waals surface area (Å²) in [4.78, 5) is 23.8. The lowest BCUT2D eigenvalue weighted by Crippen LogP contribution is -2.49. The van der Waals surface area contributed by atoms with E-state index < -0.39 is 11.8 Å². The van der Waals surface area contributed by atoms with Gasteiger partial charge in [0.05, 0.1) is 4.47 Å². The van der Waals surface area contributed by atoms with Gasteiger partial charge in [0.2, 0.25) is 0 Å². The van der Waals surface area contributed by atoms with Gasteiger partial charge in [-0.25, -0.2) is 0 Å². The van der Waals surface area contributed by atoms with Crippen LogP contribution >= 0.6 is 39.7 Å². The normalized spacial score (nSPS) is 10.0. The van der Waals surface area contributed by atoms with Gasteiger partial charge in [0.25, 0.3) is 11.8 Å². The quantitative estimate of drug-likeness (QED) is 0.461. The van der Waals surface area contributed by atoms with Crippen LogP contribution in [0.4, 0.5) is 0 Å². The van der Waals surface area contributed by atoms with Crippen LogP contribution in [0.2, 0.25) is 5.02 Å². The minimum Gasteiger partial charge on any atom is -0.483 e. The first-order valence-corrected chi connectivity index (χ1v) is 9.54. The Morgan fingerprint density at radius 3 is 2.48 bits per heavy atom. The van der Waals surface area contributed by atoms with Gasteiger partial charge in [0, 0.05) is 10.6 Å². The molecule has 0 saturated carbocycles. The molecule has 0 bridgehead atoms. The number of nitrogens with one attached hydrogen (secondary N) is 3. The molecule has 0 atom stereocenters. The predicted octanol–water partition coefficient (Wildman–Crippen LogP) is 3.38. The zero-order valence-electron chi connectivity index (χ0n) is 14.3. The van der Waals surface area contributed by atoms with Crippen molar-refractivity contribution < 1.29 is 14.3 Å². The molecule has 27 heavy (non-hydrogen) atoms. The van der Waals surface area contributed by atoms with E-state index in [-0.39, 0.29) is 11.7 Å². The van der Waals surface area contributed by atoms with Crippen molar-refractivity contribution in [2.24, 2.45) is 0 Å². The maximum atomic E-state index is 12.0. The third-order valence-electron chi connectivity index (χ3n) is 3.41. The molecule has 0 spiro atoms. The fraction of sp³-hybridized carbons (Fsp3) is 0.167. The van der Waals surface area contributed by atoms with Crippen LogP contribution in [0.25, 0.3) is 0 Å². The van der Waals surface area contributed by atoms with E-state index in [9.17, 15) is 9.59 Å². The number of hydrazine groups is 1. The number of carbonyl (C=O) groups excluding carboxylic acids is 2. The maximum Gasteiger partial charge on any atom is 0.276 e. The van der Waals surface area contributed by atoms with Gasteiger partial charge in [-0.2, -0.15) is 0 Å². The fourth-order valence-corrected chi connectivity index (χ4v) is 2.81. The van der Waals surface area contributed by atoms with Gasteiger partial charge in [-0.15, -0.1) is 0 Å². The molecular formula is C18H17BrClN3O3S. The van der Waals surface area contributed by atoms with Crippen molar-refractivity contribution >= 4 is 56.7 Å². The third-order valence-corrected chi connectivity index (χ3v) is 4.49. The Morgan fingerprint density at radius 1 is 1.15 bits per heavy atom. The number of halogens is 2. The molecule has 0 radical (unpaired) electrons. The van der Waals surface area contributed by atoms with Crippen LogP contribution < -0.4 is 20.9 Å². The van der Waals surface area contributed by atoms with Crippen LogP contribution in [0, 0.1) is 0 Å². The number of hydrogen-bond donors (Lipinski definition) is 3. The third kappa shape index (κ3) is 6.82. The second kappa shape index (κ2) is 10.2. The average Bonchev–Trinajstić information content (AvgIpc) is 2.65. The summed E-state index contributed by atoms with van der Waals surface area (Å²) in [5.74, 6) is -0.319. The van der Waals surface area contributed by atoms with E-state index in [1.165, 1.54) is 0 Å². The van der Waals surface area contributed by atoms with E-state index in [4.69, 9.17) is 28.6 Å². The highest BCUT2D eigenvalue weighted by Crippen LogP contribution is 2.26. The van der Waals surface area contributed by atoms with Crippen LogP contribution in [0.1, 0.15) is 22.8 Å². The highest BCUT2D eigenvalue weighted by atomic mass is 79.9. The zero-order valence-corrected chi connectivity index (χ0v) is 17.5. The van der Waals surface area contributed by atoms with Crippen molar-refractivity contribution in [3.05, 3.63) is 63.1 Å². The summed E-state index contributed by atoms with van der Waals surface area (Å²) in [5, 5.41) is 2.92. The van der Waals surface area contributed by atoms with E-state index in [0.29, 0.717) is 16.3 Å². The zero-order chi connectivity index (χ0) is 19.8. The van der Waals surface area contributed by atoms with Crippen molar-refractivity contribution in [2.75, 3.05) is 6.61 Å². The first kappa shape index (κ1) is 21.1. The molecule has 0 unspecified atom stereocenters. The molecule has 0 heterocycles. The van der Waals surface area contributed by atoms with Crippen molar-refractivity contribution in [3.8, 4) is 5.75 Å². The number of thiocarbonyl (C=S) groups is 1. The highest BCUT2D eigenvalue weighted by molar-refractivity contribution is 9.10. The van der Waals surface area contributed by atoms with Gasteiger partial charge in [-0.3, -0.25) is 25.8 Å². The lowest BCUT2D eigenvalue weighted by atomic mass is 10.2. The number of hydrogen-bond acceptors (Lipinski definition) is 4. The Kier molecular flexibility index (Phi) is 8.02. The number of benzene rings is 2. The molecule has 0 saturated heterocycles. The SMILES string of the molecule is CCc1ccc(OCC(=O)NNC(=S)NC(=O)c2ccc(Cl)cc2)c(Br)c1. The van der Waals surface area contributed by atoms with E-state index >= 15 is 0 Å². The van der Waals surface area contributed by atoms with Gasteiger partial charge >= 0.3 is 0 Å². The minimum atomic E-state index is -0.454.